The lowest BCUT2D eigenvalue weighted by atomic mass is 10.2. The SMILES string of the molecule is Cc1cnccc1SCC(C)(C)O. The van der Waals surface area contributed by atoms with Gasteiger partial charge in [0.05, 0.1) is 5.60 Å². The van der Waals surface area contributed by atoms with Crippen LogP contribution in [0.1, 0.15) is 19.4 Å². The van der Waals surface area contributed by atoms with E-state index in [4.69, 9.17) is 0 Å². The molecule has 0 aromatic carbocycles. The van der Waals surface area contributed by atoms with Gasteiger partial charge in [-0.25, -0.2) is 0 Å². The summed E-state index contributed by atoms with van der Waals surface area (Å²) in [6, 6.07) is 1.98. The summed E-state index contributed by atoms with van der Waals surface area (Å²) in [5.74, 6) is 0.706. The number of aryl methyl sites for hydroxylation is 1. The van der Waals surface area contributed by atoms with E-state index >= 15 is 0 Å². The molecular weight excluding hydrogens is 182 g/mol. The van der Waals surface area contributed by atoms with E-state index in [9.17, 15) is 5.11 Å². The molecule has 0 aliphatic heterocycles. The van der Waals surface area contributed by atoms with Crippen LogP contribution >= 0.6 is 11.8 Å². The summed E-state index contributed by atoms with van der Waals surface area (Å²) in [6.45, 7) is 5.66. The van der Waals surface area contributed by atoms with Gasteiger partial charge in [0.25, 0.3) is 0 Å². The largest absolute Gasteiger partial charge is 0.390 e. The van der Waals surface area contributed by atoms with Crippen LogP contribution in [0, 0.1) is 6.92 Å². The third kappa shape index (κ3) is 3.79. The van der Waals surface area contributed by atoms with Crippen LogP contribution in [0.2, 0.25) is 0 Å². The Labute approximate surface area is 83.4 Å². The molecule has 72 valence electrons. The third-order valence-corrected chi connectivity index (χ3v) is 3.17. The Hall–Kier alpha value is -0.540. The van der Waals surface area contributed by atoms with Gasteiger partial charge < -0.3 is 5.11 Å². The zero-order valence-electron chi connectivity index (χ0n) is 8.24. The fraction of sp³-hybridized carbons (Fsp3) is 0.500. The van der Waals surface area contributed by atoms with Crippen molar-refractivity contribution in [3.63, 3.8) is 0 Å². The predicted octanol–water partition coefficient (Wildman–Crippen LogP) is 2.25. The lowest BCUT2D eigenvalue weighted by Crippen LogP contribution is -2.21. The quantitative estimate of drug-likeness (QED) is 0.754. The molecule has 3 heteroatoms. The summed E-state index contributed by atoms with van der Waals surface area (Å²) in [6.07, 6.45) is 3.62. The number of aromatic nitrogens is 1. The van der Waals surface area contributed by atoms with Gasteiger partial charge in [0.2, 0.25) is 0 Å². The maximum Gasteiger partial charge on any atom is 0.0685 e. The summed E-state index contributed by atoms with van der Waals surface area (Å²) in [4.78, 5) is 5.21. The monoisotopic (exact) mass is 197 g/mol. The molecule has 0 bridgehead atoms. The highest BCUT2D eigenvalue weighted by molar-refractivity contribution is 7.99. The first-order valence-corrected chi connectivity index (χ1v) is 5.23. The number of nitrogens with zero attached hydrogens (tertiary/aromatic N) is 1. The van der Waals surface area contributed by atoms with Crippen molar-refractivity contribution in [1.82, 2.24) is 4.98 Å². The number of thioether (sulfide) groups is 1. The van der Waals surface area contributed by atoms with Crippen LogP contribution in [0.15, 0.2) is 23.4 Å². The standard InChI is InChI=1S/C10H15NOS/c1-8-6-11-5-4-9(8)13-7-10(2,3)12/h4-6,12H,7H2,1-3H3. The van der Waals surface area contributed by atoms with Crippen LogP contribution in [0.4, 0.5) is 0 Å². The predicted molar refractivity (Wildman–Crippen MR) is 56.0 cm³/mol. The zero-order chi connectivity index (χ0) is 9.90. The average molecular weight is 197 g/mol. The van der Waals surface area contributed by atoms with Crippen molar-refractivity contribution >= 4 is 11.8 Å². The molecule has 13 heavy (non-hydrogen) atoms. The van der Waals surface area contributed by atoms with Gasteiger partial charge in [-0.1, -0.05) is 0 Å². The highest BCUT2D eigenvalue weighted by Crippen LogP contribution is 2.24. The topological polar surface area (TPSA) is 33.1 Å². The number of aliphatic hydroxyl groups is 1. The van der Waals surface area contributed by atoms with Gasteiger partial charge in [0, 0.05) is 23.0 Å². The normalized spacial score (nSPS) is 11.7. The van der Waals surface area contributed by atoms with Crippen LogP contribution in [0.3, 0.4) is 0 Å². The molecule has 1 N–H and O–H groups in total. The maximum absolute atomic E-state index is 9.53. The molecule has 0 unspecified atom stereocenters. The Bertz CT molecular complexity index is 280. The van der Waals surface area contributed by atoms with Gasteiger partial charge in [-0.3, -0.25) is 4.98 Å². The van der Waals surface area contributed by atoms with E-state index < -0.39 is 5.60 Å². The van der Waals surface area contributed by atoms with Crippen LogP contribution in [-0.4, -0.2) is 21.4 Å². The van der Waals surface area contributed by atoms with E-state index in [0.29, 0.717) is 5.75 Å². The fourth-order valence-corrected chi connectivity index (χ4v) is 1.82. The van der Waals surface area contributed by atoms with Crippen molar-refractivity contribution in [3.05, 3.63) is 24.0 Å². The minimum absolute atomic E-state index is 0.611. The van der Waals surface area contributed by atoms with Crippen molar-refractivity contribution in [3.8, 4) is 0 Å². The van der Waals surface area contributed by atoms with E-state index in [-0.39, 0.29) is 0 Å². The van der Waals surface area contributed by atoms with E-state index in [2.05, 4.69) is 4.98 Å². The van der Waals surface area contributed by atoms with Crippen molar-refractivity contribution in [2.24, 2.45) is 0 Å². The number of pyridine rings is 1. The van der Waals surface area contributed by atoms with Crippen LogP contribution in [0.5, 0.6) is 0 Å². The molecule has 0 fully saturated rings. The minimum Gasteiger partial charge on any atom is -0.390 e. The molecule has 0 aliphatic rings. The highest BCUT2D eigenvalue weighted by Gasteiger charge is 2.13. The van der Waals surface area contributed by atoms with Gasteiger partial charge in [-0.15, -0.1) is 11.8 Å². The molecule has 1 aromatic heterocycles. The molecule has 1 heterocycles. The Kier molecular flexibility index (Phi) is 3.33. The molecule has 0 spiro atoms. The number of hydrogen-bond donors (Lipinski definition) is 1. The lowest BCUT2D eigenvalue weighted by Gasteiger charge is -2.16. The first-order valence-electron chi connectivity index (χ1n) is 4.25. The molecule has 0 aliphatic carbocycles. The van der Waals surface area contributed by atoms with E-state index in [1.807, 2.05) is 33.0 Å². The molecule has 1 aromatic rings. The third-order valence-electron chi connectivity index (χ3n) is 1.55. The second-order valence-corrected chi connectivity index (χ2v) is 4.76. The summed E-state index contributed by atoms with van der Waals surface area (Å²) < 4.78 is 0. The van der Waals surface area contributed by atoms with Crippen LogP contribution in [-0.2, 0) is 0 Å². The summed E-state index contributed by atoms with van der Waals surface area (Å²) >= 11 is 1.66. The van der Waals surface area contributed by atoms with E-state index in [1.165, 1.54) is 4.90 Å². The molecule has 1 rings (SSSR count). The molecule has 0 amide bonds. The molecule has 0 radical (unpaired) electrons. The van der Waals surface area contributed by atoms with E-state index in [1.54, 1.807) is 18.0 Å². The van der Waals surface area contributed by atoms with Crippen LogP contribution < -0.4 is 0 Å². The Morgan fingerprint density at radius 3 is 2.77 bits per heavy atom. The lowest BCUT2D eigenvalue weighted by molar-refractivity contribution is 0.107. The molecule has 0 saturated carbocycles. The molecule has 2 nitrogen and oxygen atoms in total. The van der Waals surface area contributed by atoms with E-state index in [0.717, 1.165) is 5.56 Å². The van der Waals surface area contributed by atoms with Gasteiger partial charge in [0.15, 0.2) is 0 Å². The second-order valence-electron chi connectivity index (χ2n) is 3.74. The summed E-state index contributed by atoms with van der Waals surface area (Å²) in [5, 5.41) is 9.53. The number of hydrogen-bond acceptors (Lipinski definition) is 3. The van der Waals surface area contributed by atoms with Gasteiger partial charge in [-0.05, 0) is 32.4 Å². The first-order chi connectivity index (χ1) is 5.99. The summed E-state index contributed by atoms with van der Waals surface area (Å²) in [7, 11) is 0. The number of rotatable bonds is 3. The van der Waals surface area contributed by atoms with Crippen molar-refractivity contribution < 1.29 is 5.11 Å². The molecule has 0 atom stereocenters. The first kappa shape index (κ1) is 10.5. The molecule has 0 saturated heterocycles. The molecular formula is C10H15NOS. The van der Waals surface area contributed by atoms with Gasteiger partial charge in [0.1, 0.15) is 0 Å². The van der Waals surface area contributed by atoms with Crippen molar-refractivity contribution in [1.29, 1.82) is 0 Å². The smallest absolute Gasteiger partial charge is 0.0685 e. The minimum atomic E-state index is -0.611. The van der Waals surface area contributed by atoms with Gasteiger partial charge in [-0.2, -0.15) is 0 Å². The average Bonchev–Trinajstić information content (AvgIpc) is 2.01. The van der Waals surface area contributed by atoms with Crippen molar-refractivity contribution in [2.45, 2.75) is 31.3 Å². The maximum atomic E-state index is 9.53. The Morgan fingerprint density at radius 2 is 2.23 bits per heavy atom. The Morgan fingerprint density at radius 1 is 1.54 bits per heavy atom. The van der Waals surface area contributed by atoms with Gasteiger partial charge >= 0.3 is 0 Å². The van der Waals surface area contributed by atoms with Crippen molar-refractivity contribution in [2.75, 3.05) is 5.75 Å². The second kappa shape index (κ2) is 4.11. The fourth-order valence-electron chi connectivity index (χ4n) is 0.877. The zero-order valence-corrected chi connectivity index (χ0v) is 9.06. The van der Waals surface area contributed by atoms with Crippen LogP contribution in [0.25, 0.3) is 0 Å². The highest BCUT2D eigenvalue weighted by atomic mass is 32.2. The Balaban J connectivity index is 2.60. The summed E-state index contributed by atoms with van der Waals surface area (Å²) in [5.41, 5.74) is 0.553.